The summed E-state index contributed by atoms with van der Waals surface area (Å²) in [6, 6.07) is 7.79. The van der Waals surface area contributed by atoms with Crippen LogP contribution < -0.4 is 9.47 Å². The first-order valence-electron chi connectivity index (χ1n) is 8.55. The lowest BCUT2D eigenvalue weighted by Crippen LogP contribution is -2.40. The van der Waals surface area contributed by atoms with Crippen LogP contribution in [0.15, 0.2) is 42.2 Å². The van der Waals surface area contributed by atoms with Gasteiger partial charge in [0.1, 0.15) is 6.61 Å². The molecule has 0 bridgehead atoms. The molecule has 0 unspecified atom stereocenters. The Balaban J connectivity index is 1.55. The van der Waals surface area contributed by atoms with Crippen LogP contribution in [-0.2, 0) is 11.3 Å². The molecule has 25 heavy (non-hydrogen) atoms. The first-order chi connectivity index (χ1) is 12.3. The molecule has 1 aromatic heterocycles. The fraction of sp³-hybridized carbons (Fsp3) is 0.368. The van der Waals surface area contributed by atoms with Crippen molar-refractivity contribution < 1.29 is 14.3 Å². The average Bonchev–Trinajstić information content (AvgIpc) is 3.32. The highest BCUT2D eigenvalue weighted by Crippen LogP contribution is 2.36. The molecule has 130 valence electrons. The number of aromatic nitrogens is 2. The van der Waals surface area contributed by atoms with Gasteiger partial charge in [-0.1, -0.05) is 12.1 Å². The number of rotatable bonds is 4. The zero-order chi connectivity index (χ0) is 17.2. The molecule has 0 radical (unpaired) electrons. The minimum absolute atomic E-state index is 0.0585. The van der Waals surface area contributed by atoms with Crippen LogP contribution in [0.1, 0.15) is 18.4 Å². The van der Waals surface area contributed by atoms with Gasteiger partial charge >= 0.3 is 0 Å². The molecule has 0 N–H and O–H groups in total. The van der Waals surface area contributed by atoms with E-state index < -0.39 is 0 Å². The Morgan fingerprint density at radius 1 is 1.40 bits per heavy atom. The van der Waals surface area contributed by atoms with Crippen LogP contribution in [0.4, 0.5) is 0 Å². The van der Waals surface area contributed by atoms with Gasteiger partial charge < -0.3 is 14.4 Å². The van der Waals surface area contributed by atoms with Crippen molar-refractivity contribution in [1.82, 2.24) is 14.7 Å². The van der Waals surface area contributed by atoms with Crippen LogP contribution in [0.5, 0.6) is 11.5 Å². The Hall–Kier alpha value is -2.76. The number of hydrogen-bond acceptors (Lipinski definition) is 4. The lowest BCUT2D eigenvalue weighted by molar-refractivity contribution is -0.128. The highest BCUT2D eigenvalue weighted by Gasteiger charge is 2.32. The van der Waals surface area contributed by atoms with Gasteiger partial charge in [-0.2, -0.15) is 5.10 Å². The Bertz CT molecular complexity index is 798. The van der Waals surface area contributed by atoms with Crippen LogP contribution in [-0.4, -0.2) is 46.9 Å². The van der Waals surface area contributed by atoms with E-state index in [0.29, 0.717) is 17.1 Å². The molecule has 0 spiro atoms. The number of fused-ring (bicyclic) bond motifs is 1. The molecular weight excluding hydrogens is 318 g/mol. The first kappa shape index (κ1) is 15.7. The third-order valence-electron chi connectivity index (χ3n) is 4.80. The number of hydrogen-bond donors (Lipinski definition) is 0. The number of ether oxygens (including phenoxy) is 2. The highest BCUT2D eigenvalue weighted by molar-refractivity contribution is 5.99. The largest absolute Gasteiger partial charge is 0.493 e. The van der Waals surface area contributed by atoms with Gasteiger partial charge in [-0.15, -0.1) is 0 Å². The van der Waals surface area contributed by atoms with Crippen molar-refractivity contribution in [3.05, 3.63) is 47.8 Å². The molecule has 0 saturated carbocycles. The predicted octanol–water partition coefficient (Wildman–Crippen LogP) is 2.36. The smallest absolute Gasteiger partial charge is 0.253 e. The van der Waals surface area contributed by atoms with E-state index in [4.69, 9.17) is 9.47 Å². The second-order valence-electron chi connectivity index (χ2n) is 6.36. The summed E-state index contributed by atoms with van der Waals surface area (Å²) in [6.07, 6.45) is 7.66. The van der Waals surface area contributed by atoms with Gasteiger partial charge in [0, 0.05) is 24.5 Å². The van der Waals surface area contributed by atoms with Gasteiger partial charge in [0.15, 0.2) is 11.5 Å². The van der Waals surface area contributed by atoms with Crippen LogP contribution in [0.3, 0.4) is 0 Å². The van der Waals surface area contributed by atoms with Crippen molar-refractivity contribution in [3.63, 3.8) is 0 Å². The SMILES string of the molecule is COc1cccc2c1OCC(C(=O)N1CCC[C@@H]1Cn1cccn1)=C2. The molecule has 3 heterocycles. The van der Waals surface area contributed by atoms with Crippen molar-refractivity contribution in [1.29, 1.82) is 0 Å². The van der Waals surface area contributed by atoms with E-state index in [-0.39, 0.29) is 18.6 Å². The molecule has 6 heteroatoms. The summed E-state index contributed by atoms with van der Waals surface area (Å²) in [5.74, 6) is 1.46. The van der Waals surface area contributed by atoms with E-state index in [1.807, 2.05) is 46.1 Å². The summed E-state index contributed by atoms with van der Waals surface area (Å²) in [6.45, 7) is 1.79. The van der Waals surface area contributed by atoms with Crippen molar-refractivity contribution in [2.24, 2.45) is 0 Å². The van der Waals surface area contributed by atoms with Gasteiger partial charge in [-0.3, -0.25) is 9.48 Å². The molecule has 1 atom stereocenters. The van der Waals surface area contributed by atoms with Crippen molar-refractivity contribution in [2.45, 2.75) is 25.4 Å². The van der Waals surface area contributed by atoms with Gasteiger partial charge in [0.05, 0.1) is 25.3 Å². The van der Waals surface area contributed by atoms with Crippen molar-refractivity contribution in [2.75, 3.05) is 20.3 Å². The summed E-state index contributed by atoms with van der Waals surface area (Å²) >= 11 is 0. The van der Waals surface area contributed by atoms with Crippen LogP contribution in [0, 0.1) is 0 Å². The average molecular weight is 339 g/mol. The van der Waals surface area contributed by atoms with E-state index in [1.54, 1.807) is 13.3 Å². The van der Waals surface area contributed by atoms with E-state index in [9.17, 15) is 4.79 Å². The molecule has 2 aromatic rings. The monoisotopic (exact) mass is 339 g/mol. The highest BCUT2D eigenvalue weighted by atomic mass is 16.5. The number of methoxy groups -OCH3 is 1. The fourth-order valence-electron chi connectivity index (χ4n) is 3.57. The second kappa shape index (κ2) is 6.63. The van der Waals surface area contributed by atoms with Crippen LogP contribution in [0.2, 0.25) is 0 Å². The summed E-state index contributed by atoms with van der Waals surface area (Å²) in [4.78, 5) is 15.0. The summed E-state index contributed by atoms with van der Waals surface area (Å²) < 4.78 is 13.0. The molecule has 1 amide bonds. The number of benzene rings is 1. The molecular formula is C19H21N3O3. The van der Waals surface area contributed by atoms with Gasteiger partial charge in [-0.25, -0.2) is 0 Å². The Morgan fingerprint density at radius 3 is 3.12 bits per heavy atom. The second-order valence-corrected chi connectivity index (χ2v) is 6.36. The number of carbonyl (C=O) groups excluding carboxylic acids is 1. The maximum atomic E-state index is 13.0. The fourth-order valence-corrected chi connectivity index (χ4v) is 3.57. The lowest BCUT2D eigenvalue weighted by atomic mass is 10.1. The molecule has 6 nitrogen and oxygen atoms in total. The normalized spacial score (nSPS) is 19.2. The van der Waals surface area contributed by atoms with Gasteiger partial charge in [0.2, 0.25) is 0 Å². The Labute approximate surface area is 146 Å². The van der Waals surface area contributed by atoms with Crippen LogP contribution >= 0.6 is 0 Å². The zero-order valence-electron chi connectivity index (χ0n) is 14.2. The number of nitrogens with zero attached hydrogens (tertiary/aromatic N) is 3. The standard InChI is InChI=1S/C19H21N3O3/c1-24-17-7-2-5-14-11-15(13-25-18(14)17)19(23)22-10-3-6-16(22)12-21-9-4-8-20-21/h2,4-5,7-9,11,16H,3,6,10,12-13H2,1H3/t16-/m1/s1. The summed E-state index contributed by atoms with van der Waals surface area (Å²) in [5, 5.41) is 4.26. The van der Waals surface area contributed by atoms with E-state index >= 15 is 0 Å². The van der Waals surface area contributed by atoms with E-state index in [1.165, 1.54) is 0 Å². The quantitative estimate of drug-likeness (QED) is 0.858. The zero-order valence-corrected chi connectivity index (χ0v) is 14.2. The van der Waals surface area contributed by atoms with E-state index in [2.05, 4.69) is 5.10 Å². The maximum absolute atomic E-state index is 13.0. The maximum Gasteiger partial charge on any atom is 0.253 e. The topological polar surface area (TPSA) is 56.6 Å². The van der Waals surface area contributed by atoms with Crippen molar-refractivity contribution >= 4 is 12.0 Å². The number of likely N-dealkylation sites (tertiary alicyclic amines) is 1. The predicted molar refractivity (Wildman–Crippen MR) is 93.4 cm³/mol. The molecule has 1 saturated heterocycles. The van der Waals surface area contributed by atoms with Crippen LogP contribution in [0.25, 0.3) is 6.08 Å². The van der Waals surface area contributed by atoms with Crippen molar-refractivity contribution in [3.8, 4) is 11.5 Å². The lowest BCUT2D eigenvalue weighted by Gasteiger charge is -2.27. The summed E-state index contributed by atoms with van der Waals surface area (Å²) in [7, 11) is 1.62. The number of amides is 1. The van der Waals surface area contributed by atoms with Gasteiger partial charge in [-0.05, 0) is 31.1 Å². The summed E-state index contributed by atoms with van der Waals surface area (Å²) in [5.41, 5.74) is 1.57. The molecule has 2 aliphatic heterocycles. The van der Waals surface area contributed by atoms with E-state index in [0.717, 1.165) is 31.5 Å². The Morgan fingerprint density at radius 2 is 2.32 bits per heavy atom. The Kier molecular flexibility index (Phi) is 4.17. The molecule has 2 aliphatic rings. The van der Waals surface area contributed by atoms with Gasteiger partial charge in [0.25, 0.3) is 5.91 Å². The third kappa shape index (κ3) is 2.99. The molecule has 0 aliphatic carbocycles. The third-order valence-corrected chi connectivity index (χ3v) is 4.80. The molecule has 1 aromatic carbocycles. The number of carbonyl (C=O) groups is 1. The number of para-hydroxylation sites is 1. The minimum Gasteiger partial charge on any atom is -0.493 e. The molecule has 1 fully saturated rings. The molecule has 4 rings (SSSR count). The minimum atomic E-state index is 0.0585. The first-order valence-corrected chi connectivity index (χ1v) is 8.55.